The predicted octanol–water partition coefficient (Wildman–Crippen LogP) is 2.97. The van der Waals surface area contributed by atoms with Crippen molar-refractivity contribution in [3.8, 4) is 5.75 Å². The van der Waals surface area contributed by atoms with Crippen LogP contribution in [0.3, 0.4) is 0 Å². The normalized spacial score (nSPS) is 12.1. The number of ether oxygens (including phenoxy) is 1. The lowest BCUT2D eigenvalue weighted by Gasteiger charge is -2.17. The molecule has 0 heterocycles. The van der Waals surface area contributed by atoms with Crippen molar-refractivity contribution in [1.29, 1.82) is 0 Å². The average molecular weight is 490 g/mol. The third-order valence-corrected chi connectivity index (χ3v) is 6.33. The van der Waals surface area contributed by atoms with Gasteiger partial charge in [0.1, 0.15) is 16.7 Å². The molecule has 0 spiro atoms. The number of amides is 1. The molecule has 0 fully saturated rings. The van der Waals surface area contributed by atoms with E-state index in [4.69, 9.17) is 27.9 Å². The van der Waals surface area contributed by atoms with Gasteiger partial charge in [0.15, 0.2) is 0 Å². The molecule has 0 radical (unpaired) electrons. The highest BCUT2D eigenvalue weighted by Gasteiger charge is 2.28. The molecule has 0 unspecified atom stereocenters. The number of carboxylic acid groups (broad SMARTS) is 1. The lowest BCUT2D eigenvalue weighted by atomic mass is 10.1. The Morgan fingerprint density at radius 1 is 1.16 bits per heavy atom. The summed E-state index contributed by atoms with van der Waals surface area (Å²) in [7, 11) is -3.01. The number of hydrogen-bond donors (Lipinski definition) is 4. The van der Waals surface area contributed by atoms with Gasteiger partial charge in [-0.3, -0.25) is 20.4 Å². The van der Waals surface area contributed by atoms with Gasteiger partial charge in [-0.05, 0) is 55.3 Å². The number of methoxy groups -OCH3 is 1. The maximum atomic E-state index is 12.7. The summed E-state index contributed by atoms with van der Waals surface area (Å²) in [5.41, 5.74) is 6.21. The van der Waals surface area contributed by atoms with E-state index in [-0.39, 0.29) is 28.5 Å². The van der Waals surface area contributed by atoms with Crippen molar-refractivity contribution in [3.05, 3.63) is 52.0 Å². The molecule has 168 valence electrons. The topological polar surface area (TPSA) is 134 Å². The minimum Gasteiger partial charge on any atom is -0.495 e. The zero-order chi connectivity index (χ0) is 23.2. The van der Waals surface area contributed by atoms with Crippen LogP contribution in [0, 0.1) is 6.92 Å². The van der Waals surface area contributed by atoms with Gasteiger partial charge >= 0.3 is 5.97 Å². The maximum absolute atomic E-state index is 12.7. The summed E-state index contributed by atoms with van der Waals surface area (Å²) in [4.78, 5) is 23.3. The lowest BCUT2D eigenvalue weighted by molar-refractivity contribution is -0.139. The number of aliphatic carboxylic acids is 1. The third-order valence-electron chi connectivity index (χ3n) is 4.18. The standard InChI is InChI=1S/C19H21Cl2N3O6S/c1-11-9-16(30-2)17(10-14(11)21)31(28,29)24-15(19(26)27)7-8-18(25)23-22-13-5-3-12(20)4-6-13/h3-6,9-10,15,22,24H,7-8H2,1-2H3,(H,23,25)(H,26,27)/t15-/m0/s1. The Morgan fingerprint density at radius 2 is 1.81 bits per heavy atom. The number of aryl methyl sites for hydroxylation is 1. The number of rotatable bonds is 10. The molecule has 4 N–H and O–H groups in total. The molecule has 0 aliphatic heterocycles. The highest BCUT2D eigenvalue weighted by Crippen LogP contribution is 2.30. The van der Waals surface area contributed by atoms with Gasteiger partial charge in [0, 0.05) is 16.5 Å². The average Bonchev–Trinajstić information content (AvgIpc) is 2.71. The Hall–Kier alpha value is -2.53. The second-order valence-corrected chi connectivity index (χ2v) is 9.01. The summed E-state index contributed by atoms with van der Waals surface area (Å²) in [5.74, 6) is -1.95. The van der Waals surface area contributed by atoms with Crippen LogP contribution in [0.25, 0.3) is 0 Å². The van der Waals surface area contributed by atoms with E-state index < -0.39 is 27.9 Å². The summed E-state index contributed by atoms with van der Waals surface area (Å²) in [6, 6.07) is 7.58. The predicted molar refractivity (Wildman–Crippen MR) is 117 cm³/mol. The van der Waals surface area contributed by atoms with E-state index in [1.54, 1.807) is 31.2 Å². The van der Waals surface area contributed by atoms with E-state index in [0.29, 0.717) is 16.3 Å². The summed E-state index contributed by atoms with van der Waals surface area (Å²) in [5, 5.41) is 10.1. The second-order valence-electron chi connectivity index (χ2n) is 6.48. The van der Waals surface area contributed by atoms with Crippen LogP contribution in [0.5, 0.6) is 5.75 Å². The van der Waals surface area contributed by atoms with Crippen molar-refractivity contribution in [2.75, 3.05) is 12.5 Å². The fourth-order valence-electron chi connectivity index (χ4n) is 2.50. The highest BCUT2D eigenvalue weighted by atomic mass is 35.5. The van der Waals surface area contributed by atoms with Crippen LogP contribution in [0.4, 0.5) is 5.69 Å². The molecule has 31 heavy (non-hydrogen) atoms. The van der Waals surface area contributed by atoms with Gasteiger partial charge in [-0.25, -0.2) is 8.42 Å². The number of halogens is 2. The number of anilines is 1. The summed E-state index contributed by atoms with van der Waals surface area (Å²) < 4.78 is 32.6. The molecule has 2 rings (SSSR count). The second kappa shape index (κ2) is 10.7. The fraction of sp³-hybridized carbons (Fsp3) is 0.263. The Balaban J connectivity index is 2.04. The van der Waals surface area contributed by atoms with Gasteiger partial charge < -0.3 is 9.84 Å². The van der Waals surface area contributed by atoms with E-state index in [0.717, 1.165) is 0 Å². The van der Waals surface area contributed by atoms with Crippen molar-refractivity contribution >= 4 is 50.8 Å². The molecule has 0 saturated heterocycles. The van der Waals surface area contributed by atoms with Crippen LogP contribution in [-0.4, -0.2) is 38.6 Å². The third kappa shape index (κ3) is 7.00. The van der Waals surface area contributed by atoms with Crippen molar-refractivity contribution in [3.63, 3.8) is 0 Å². The van der Waals surface area contributed by atoms with Gasteiger partial charge in [0.05, 0.1) is 12.8 Å². The molecule has 0 bridgehead atoms. The summed E-state index contributed by atoms with van der Waals surface area (Å²) in [6.07, 6.45) is -0.545. The fourth-order valence-corrected chi connectivity index (χ4v) is 4.26. The molecular weight excluding hydrogens is 469 g/mol. The number of hydrogen-bond acceptors (Lipinski definition) is 6. The maximum Gasteiger partial charge on any atom is 0.321 e. The Labute approximate surface area is 189 Å². The van der Waals surface area contributed by atoms with Crippen molar-refractivity contribution in [2.24, 2.45) is 0 Å². The molecular formula is C19H21Cl2N3O6S. The first-order valence-corrected chi connectivity index (χ1v) is 11.2. The van der Waals surface area contributed by atoms with Gasteiger partial charge in [-0.15, -0.1) is 0 Å². The molecule has 0 aromatic heterocycles. The molecule has 0 aliphatic carbocycles. The largest absolute Gasteiger partial charge is 0.495 e. The molecule has 1 amide bonds. The van der Waals surface area contributed by atoms with Crippen molar-refractivity contribution in [2.45, 2.75) is 30.7 Å². The van der Waals surface area contributed by atoms with Gasteiger partial charge in [0.25, 0.3) is 0 Å². The van der Waals surface area contributed by atoms with Crippen molar-refractivity contribution < 1.29 is 27.9 Å². The molecule has 9 nitrogen and oxygen atoms in total. The van der Waals surface area contributed by atoms with E-state index in [1.165, 1.54) is 19.2 Å². The Morgan fingerprint density at radius 3 is 2.39 bits per heavy atom. The molecule has 0 saturated carbocycles. The quantitative estimate of drug-likeness (QED) is 0.376. The highest BCUT2D eigenvalue weighted by molar-refractivity contribution is 7.89. The monoisotopic (exact) mass is 489 g/mol. The number of nitrogens with one attached hydrogen (secondary N) is 3. The van der Waals surface area contributed by atoms with Crippen molar-refractivity contribution in [1.82, 2.24) is 10.1 Å². The number of benzene rings is 2. The molecule has 2 aromatic rings. The van der Waals surface area contributed by atoms with E-state index in [2.05, 4.69) is 15.6 Å². The number of carbonyl (C=O) groups is 2. The van der Waals surface area contributed by atoms with E-state index >= 15 is 0 Å². The van der Waals surface area contributed by atoms with Crippen LogP contribution in [0.2, 0.25) is 10.0 Å². The lowest BCUT2D eigenvalue weighted by Crippen LogP contribution is -2.42. The van der Waals surface area contributed by atoms with Crippen LogP contribution < -0.4 is 20.3 Å². The van der Waals surface area contributed by atoms with Crippen LogP contribution in [0.15, 0.2) is 41.3 Å². The van der Waals surface area contributed by atoms with Gasteiger partial charge in [-0.2, -0.15) is 4.72 Å². The first-order chi connectivity index (χ1) is 14.5. The van der Waals surface area contributed by atoms with Crippen LogP contribution in [0.1, 0.15) is 18.4 Å². The minimum atomic E-state index is -4.29. The van der Waals surface area contributed by atoms with Gasteiger partial charge in [-0.1, -0.05) is 23.2 Å². The Kier molecular flexibility index (Phi) is 8.52. The zero-order valence-corrected chi connectivity index (χ0v) is 18.9. The zero-order valence-electron chi connectivity index (χ0n) is 16.6. The van der Waals surface area contributed by atoms with Crippen LogP contribution in [-0.2, 0) is 19.6 Å². The number of sulfonamides is 1. The summed E-state index contributed by atoms with van der Waals surface area (Å²) >= 11 is 11.8. The molecule has 2 aromatic carbocycles. The van der Waals surface area contributed by atoms with Crippen LogP contribution >= 0.6 is 23.2 Å². The first-order valence-electron chi connectivity index (χ1n) is 8.93. The number of carbonyl (C=O) groups excluding carboxylic acids is 1. The number of hydrazine groups is 1. The molecule has 1 atom stereocenters. The SMILES string of the molecule is COc1cc(C)c(Cl)cc1S(=O)(=O)N[C@@H](CCC(=O)NNc1ccc(Cl)cc1)C(=O)O. The number of carboxylic acids is 1. The first kappa shape index (κ1) is 24.7. The minimum absolute atomic E-state index is 0.0171. The molecule has 0 aliphatic rings. The smallest absolute Gasteiger partial charge is 0.321 e. The molecule has 12 heteroatoms. The van der Waals surface area contributed by atoms with Gasteiger partial charge in [0.2, 0.25) is 15.9 Å². The van der Waals surface area contributed by atoms with E-state index in [9.17, 15) is 23.1 Å². The summed E-state index contributed by atoms with van der Waals surface area (Å²) in [6.45, 7) is 1.67. The Bertz CT molecular complexity index is 1060. The van der Waals surface area contributed by atoms with E-state index in [1.807, 2.05) is 0 Å².